The van der Waals surface area contributed by atoms with Crippen LogP contribution in [0.4, 0.5) is 4.39 Å². The molecule has 124 valence electrons. The van der Waals surface area contributed by atoms with Gasteiger partial charge in [0, 0.05) is 30.4 Å². The van der Waals surface area contributed by atoms with Gasteiger partial charge in [0.2, 0.25) is 5.89 Å². The van der Waals surface area contributed by atoms with Gasteiger partial charge in [-0.3, -0.25) is 9.58 Å². The molecular formula is C18H19FN4O. The van der Waals surface area contributed by atoms with Gasteiger partial charge in [-0.2, -0.15) is 5.10 Å². The van der Waals surface area contributed by atoms with Crippen LogP contribution in [0.1, 0.15) is 30.3 Å². The molecule has 4 rings (SSSR count). The molecule has 24 heavy (non-hydrogen) atoms. The zero-order valence-corrected chi connectivity index (χ0v) is 13.5. The van der Waals surface area contributed by atoms with Gasteiger partial charge in [-0.05, 0) is 43.7 Å². The Morgan fingerprint density at radius 1 is 1.25 bits per heavy atom. The highest BCUT2D eigenvalue weighted by Crippen LogP contribution is 2.33. The number of likely N-dealkylation sites (tertiary alicyclic amines) is 1. The Morgan fingerprint density at radius 2 is 2.08 bits per heavy atom. The van der Waals surface area contributed by atoms with Crippen LogP contribution in [0.5, 0.6) is 0 Å². The van der Waals surface area contributed by atoms with E-state index in [1.807, 2.05) is 17.9 Å². The molecule has 0 spiro atoms. The SMILES string of the molecule is Cn1cc(C2CCCN2Cc2ncc(-c3ccc(F)cc3)o2)cn1. The summed E-state index contributed by atoms with van der Waals surface area (Å²) in [6.45, 7) is 1.69. The van der Waals surface area contributed by atoms with Crippen LogP contribution >= 0.6 is 0 Å². The molecule has 1 aliphatic rings. The summed E-state index contributed by atoms with van der Waals surface area (Å²) in [6, 6.07) is 6.62. The maximum absolute atomic E-state index is 13.0. The third-order valence-electron chi connectivity index (χ3n) is 4.49. The predicted octanol–water partition coefficient (Wildman–Crippen LogP) is 3.55. The number of benzene rings is 1. The largest absolute Gasteiger partial charge is 0.439 e. The Bertz CT molecular complexity index is 824. The molecule has 0 N–H and O–H groups in total. The van der Waals surface area contributed by atoms with Gasteiger partial charge < -0.3 is 4.42 Å². The van der Waals surface area contributed by atoms with Crippen LogP contribution in [0.25, 0.3) is 11.3 Å². The minimum atomic E-state index is -0.255. The van der Waals surface area contributed by atoms with Crippen LogP contribution in [0.2, 0.25) is 0 Å². The van der Waals surface area contributed by atoms with Gasteiger partial charge in [-0.25, -0.2) is 9.37 Å². The van der Waals surface area contributed by atoms with Crippen molar-refractivity contribution in [2.24, 2.45) is 7.05 Å². The first-order chi connectivity index (χ1) is 11.7. The van der Waals surface area contributed by atoms with Crippen molar-refractivity contribution in [3.63, 3.8) is 0 Å². The quantitative estimate of drug-likeness (QED) is 0.735. The van der Waals surface area contributed by atoms with Gasteiger partial charge in [0.1, 0.15) is 5.82 Å². The molecule has 1 unspecified atom stereocenters. The van der Waals surface area contributed by atoms with E-state index >= 15 is 0 Å². The number of aryl methyl sites for hydroxylation is 1. The molecular weight excluding hydrogens is 307 g/mol. The van der Waals surface area contributed by atoms with Gasteiger partial charge in [0.15, 0.2) is 5.76 Å². The molecule has 1 aromatic carbocycles. The van der Waals surface area contributed by atoms with Crippen molar-refractivity contribution in [2.45, 2.75) is 25.4 Å². The van der Waals surface area contributed by atoms with Crippen LogP contribution in [-0.2, 0) is 13.6 Å². The molecule has 5 nitrogen and oxygen atoms in total. The molecule has 3 heterocycles. The Hall–Kier alpha value is -2.47. The van der Waals surface area contributed by atoms with E-state index in [4.69, 9.17) is 4.42 Å². The van der Waals surface area contributed by atoms with E-state index in [-0.39, 0.29) is 5.82 Å². The van der Waals surface area contributed by atoms with Crippen LogP contribution < -0.4 is 0 Å². The topological polar surface area (TPSA) is 47.1 Å². The number of hydrogen-bond donors (Lipinski definition) is 0. The minimum absolute atomic E-state index is 0.255. The predicted molar refractivity (Wildman–Crippen MR) is 87.5 cm³/mol. The molecule has 1 aliphatic heterocycles. The highest BCUT2D eigenvalue weighted by molar-refractivity contribution is 5.55. The average molecular weight is 326 g/mol. The molecule has 6 heteroatoms. The van der Waals surface area contributed by atoms with Gasteiger partial charge in [-0.15, -0.1) is 0 Å². The summed E-state index contributed by atoms with van der Waals surface area (Å²) < 4.78 is 20.7. The summed E-state index contributed by atoms with van der Waals surface area (Å²) in [4.78, 5) is 6.76. The summed E-state index contributed by atoms with van der Waals surface area (Å²) in [7, 11) is 1.94. The van der Waals surface area contributed by atoms with E-state index in [0.29, 0.717) is 24.2 Å². The van der Waals surface area contributed by atoms with Crippen LogP contribution in [0.15, 0.2) is 47.3 Å². The lowest BCUT2D eigenvalue weighted by atomic mass is 10.1. The summed E-state index contributed by atoms with van der Waals surface area (Å²) in [6.07, 6.45) is 7.99. The van der Waals surface area contributed by atoms with Crippen LogP contribution in [0, 0.1) is 5.82 Å². The number of hydrogen-bond acceptors (Lipinski definition) is 4. The normalized spacial score (nSPS) is 18.3. The molecule has 1 saturated heterocycles. The summed E-state index contributed by atoms with van der Waals surface area (Å²) >= 11 is 0. The maximum Gasteiger partial charge on any atom is 0.209 e. The molecule has 0 saturated carbocycles. The number of rotatable bonds is 4. The first-order valence-electron chi connectivity index (χ1n) is 8.12. The third-order valence-corrected chi connectivity index (χ3v) is 4.49. The first-order valence-corrected chi connectivity index (χ1v) is 8.12. The summed E-state index contributed by atoms with van der Waals surface area (Å²) in [5.74, 6) is 1.10. The van der Waals surface area contributed by atoms with E-state index in [1.54, 1.807) is 18.3 Å². The number of nitrogens with zero attached hydrogens (tertiary/aromatic N) is 4. The van der Waals surface area contributed by atoms with Crippen molar-refractivity contribution < 1.29 is 8.81 Å². The summed E-state index contributed by atoms with van der Waals surface area (Å²) in [5, 5.41) is 4.27. The van der Waals surface area contributed by atoms with Crippen molar-refractivity contribution in [3.8, 4) is 11.3 Å². The number of halogens is 1. The second kappa shape index (κ2) is 6.20. The van der Waals surface area contributed by atoms with Crippen LogP contribution in [-0.4, -0.2) is 26.2 Å². The Labute approximate surface area is 139 Å². The lowest BCUT2D eigenvalue weighted by molar-refractivity contribution is 0.224. The van der Waals surface area contributed by atoms with E-state index in [1.165, 1.54) is 17.7 Å². The van der Waals surface area contributed by atoms with Crippen molar-refractivity contribution in [3.05, 3.63) is 60.1 Å². The highest BCUT2D eigenvalue weighted by atomic mass is 19.1. The molecule has 0 bridgehead atoms. The molecule has 1 atom stereocenters. The fourth-order valence-corrected chi connectivity index (χ4v) is 3.31. The van der Waals surface area contributed by atoms with Gasteiger partial charge in [0.05, 0.1) is 18.9 Å². The molecule has 3 aromatic rings. The number of oxazole rings is 1. The highest BCUT2D eigenvalue weighted by Gasteiger charge is 2.28. The fourth-order valence-electron chi connectivity index (χ4n) is 3.31. The Morgan fingerprint density at radius 3 is 2.83 bits per heavy atom. The van der Waals surface area contributed by atoms with E-state index in [2.05, 4.69) is 21.2 Å². The van der Waals surface area contributed by atoms with Crippen molar-refractivity contribution in [2.75, 3.05) is 6.54 Å². The standard InChI is InChI=1S/C18H19FN4O/c1-22-11-14(9-21-22)16-3-2-8-23(16)12-18-20-10-17(24-18)13-4-6-15(19)7-5-13/h4-7,9-11,16H,2-3,8,12H2,1H3. The lowest BCUT2D eigenvalue weighted by Crippen LogP contribution is -2.22. The fraction of sp³-hybridized carbons (Fsp3) is 0.333. The second-order valence-electron chi connectivity index (χ2n) is 6.20. The monoisotopic (exact) mass is 326 g/mol. The van der Waals surface area contributed by atoms with E-state index in [9.17, 15) is 4.39 Å². The zero-order chi connectivity index (χ0) is 16.5. The van der Waals surface area contributed by atoms with Crippen molar-refractivity contribution in [1.29, 1.82) is 0 Å². The van der Waals surface area contributed by atoms with Gasteiger partial charge >= 0.3 is 0 Å². The molecule has 0 radical (unpaired) electrons. The average Bonchev–Trinajstić information content (AvgIpc) is 3.30. The molecule has 0 aliphatic carbocycles. The van der Waals surface area contributed by atoms with Crippen LogP contribution in [0.3, 0.4) is 0 Å². The second-order valence-corrected chi connectivity index (χ2v) is 6.20. The smallest absolute Gasteiger partial charge is 0.209 e. The Kier molecular flexibility index (Phi) is 3.90. The van der Waals surface area contributed by atoms with E-state index in [0.717, 1.165) is 24.9 Å². The van der Waals surface area contributed by atoms with Gasteiger partial charge in [-0.1, -0.05) is 0 Å². The lowest BCUT2D eigenvalue weighted by Gasteiger charge is -2.21. The zero-order valence-electron chi connectivity index (χ0n) is 13.5. The Balaban J connectivity index is 1.50. The van der Waals surface area contributed by atoms with Gasteiger partial charge in [0.25, 0.3) is 0 Å². The first kappa shape index (κ1) is 15.1. The minimum Gasteiger partial charge on any atom is -0.439 e. The molecule has 1 fully saturated rings. The third kappa shape index (κ3) is 2.97. The van der Waals surface area contributed by atoms with Crippen molar-refractivity contribution >= 4 is 0 Å². The molecule has 2 aromatic heterocycles. The summed E-state index contributed by atoms with van der Waals surface area (Å²) in [5.41, 5.74) is 2.07. The number of aromatic nitrogens is 3. The van der Waals surface area contributed by atoms with Crippen molar-refractivity contribution in [1.82, 2.24) is 19.7 Å². The molecule has 0 amide bonds. The maximum atomic E-state index is 13.0. The van der Waals surface area contributed by atoms with E-state index < -0.39 is 0 Å².